The van der Waals surface area contributed by atoms with Gasteiger partial charge in [0.2, 0.25) is 0 Å². The average Bonchev–Trinajstić information content (AvgIpc) is 2.10. The van der Waals surface area contributed by atoms with Gasteiger partial charge in [-0.25, -0.2) is 0 Å². The first-order valence-electron chi connectivity index (χ1n) is 4.50. The average molecular weight is 175 g/mol. The Kier molecular flexibility index (Phi) is 10.8. The highest BCUT2D eigenvalue weighted by atomic mass is 16.5. The Morgan fingerprint density at radius 1 is 0.917 bits per heavy atom. The second kappa shape index (κ2) is 10.9. The molecule has 0 amide bonds. The predicted octanol–water partition coefficient (Wildman–Crippen LogP) is 1.63. The Morgan fingerprint density at radius 3 is 2.25 bits per heavy atom. The van der Waals surface area contributed by atoms with E-state index >= 15 is 0 Å². The fourth-order valence-electron chi connectivity index (χ4n) is 0.672. The molecule has 0 rings (SSSR count). The molecule has 0 unspecified atom stereocenters. The van der Waals surface area contributed by atoms with Crippen LogP contribution in [-0.2, 0) is 14.2 Å². The molecule has 0 spiro atoms. The van der Waals surface area contributed by atoms with Crippen molar-refractivity contribution in [1.29, 1.82) is 0 Å². The zero-order chi connectivity index (χ0) is 9.07. The summed E-state index contributed by atoms with van der Waals surface area (Å²) in [6.07, 6.45) is 0.943. The minimum atomic E-state index is 0.639. The number of hydrogen-bond acceptors (Lipinski definition) is 3. The van der Waals surface area contributed by atoms with Crippen molar-refractivity contribution in [3.8, 4) is 0 Å². The summed E-state index contributed by atoms with van der Waals surface area (Å²) in [5, 5.41) is 0. The van der Waals surface area contributed by atoms with E-state index in [0.29, 0.717) is 26.4 Å². The maximum atomic E-state index is 5.21. The smallest absolute Gasteiger partial charge is 0.0835 e. The highest BCUT2D eigenvalue weighted by Gasteiger charge is 1.88. The summed E-state index contributed by atoms with van der Waals surface area (Å²) in [5.74, 6) is 0. The van der Waals surface area contributed by atoms with Crippen LogP contribution >= 0.6 is 0 Å². The molecule has 0 N–H and O–H groups in total. The van der Waals surface area contributed by atoms with Crippen LogP contribution in [0.4, 0.5) is 0 Å². The molecule has 0 aromatic heterocycles. The van der Waals surface area contributed by atoms with Gasteiger partial charge in [-0.3, -0.25) is 0 Å². The highest BCUT2D eigenvalue weighted by Crippen LogP contribution is 1.87. The van der Waals surface area contributed by atoms with Crippen molar-refractivity contribution in [2.24, 2.45) is 0 Å². The molecule has 1 radical (unpaired) electrons. The number of hydrogen-bond donors (Lipinski definition) is 0. The Morgan fingerprint density at radius 2 is 1.58 bits per heavy atom. The van der Waals surface area contributed by atoms with E-state index in [1.54, 1.807) is 6.61 Å². The summed E-state index contributed by atoms with van der Waals surface area (Å²) in [6, 6.07) is 0. The third-order valence-electron chi connectivity index (χ3n) is 1.21. The van der Waals surface area contributed by atoms with Crippen LogP contribution < -0.4 is 0 Å². The van der Waals surface area contributed by atoms with Crippen molar-refractivity contribution >= 4 is 0 Å². The van der Waals surface area contributed by atoms with E-state index in [-0.39, 0.29) is 0 Å². The van der Waals surface area contributed by atoms with E-state index in [9.17, 15) is 0 Å². The molecule has 0 aromatic carbocycles. The van der Waals surface area contributed by atoms with Gasteiger partial charge in [-0.05, 0) is 13.3 Å². The molecular formula is C9H19O3. The van der Waals surface area contributed by atoms with E-state index in [4.69, 9.17) is 14.2 Å². The zero-order valence-corrected chi connectivity index (χ0v) is 8.04. The molecule has 12 heavy (non-hydrogen) atoms. The minimum absolute atomic E-state index is 0.639. The lowest BCUT2D eigenvalue weighted by molar-refractivity contribution is 0.0281. The molecule has 0 aromatic rings. The van der Waals surface area contributed by atoms with Crippen molar-refractivity contribution in [1.82, 2.24) is 0 Å². The first kappa shape index (κ1) is 11.9. The van der Waals surface area contributed by atoms with Gasteiger partial charge in [0.15, 0.2) is 0 Å². The van der Waals surface area contributed by atoms with Gasteiger partial charge < -0.3 is 14.2 Å². The summed E-state index contributed by atoms with van der Waals surface area (Å²) >= 11 is 0. The van der Waals surface area contributed by atoms with Crippen LogP contribution in [0.3, 0.4) is 0 Å². The zero-order valence-electron chi connectivity index (χ0n) is 8.04. The highest BCUT2D eigenvalue weighted by molar-refractivity contribution is 4.43. The summed E-state index contributed by atoms with van der Waals surface area (Å²) in [6.45, 7) is 9.16. The standard InChI is InChI=1S/C9H19O3/c1-3-5-11-8-9-12-7-6-10-4-2/h5H,3-4,6-9H2,1-2H3. The lowest BCUT2D eigenvalue weighted by Crippen LogP contribution is -2.08. The molecule has 0 fully saturated rings. The Hall–Kier alpha value is -0.120. The SMILES string of the molecule is CC[CH]OCCOCCOCC. The third kappa shape index (κ3) is 9.88. The second-order valence-electron chi connectivity index (χ2n) is 2.26. The summed E-state index contributed by atoms with van der Waals surface area (Å²) in [5.41, 5.74) is 0. The number of rotatable bonds is 9. The van der Waals surface area contributed by atoms with Gasteiger partial charge in [-0.1, -0.05) is 6.92 Å². The molecule has 3 nitrogen and oxygen atoms in total. The van der Waals surface area contributed by atoms with E-state index in [0.717, 1.165) is 13.0 Å². The maximum Gasteiger partial charge on any atom is 0.0835 e. The summed E-state index contributed by atoms with van der Waals surface area (Å²) in [4.78, 5) is 0. The van der Waals surface area contributed by atoms with E-state index < -0.39 is 0 Å². The second-order valence-corrected chi connectivity index (χ2v) is 2.26. The Balaban J connectivity index is 2.73. The van der Waals surface area contributed by atoms with E-state index in [1.165, 1.54) is 0 Å². The fourth-order valence-corrected chi connectivity index (χ4v) is 0.672. The van der Waals surface area contributed by atoms with Gasteiger partial charge in [0.05, 0.1) is 33.0 Å². The quantitative estimate of drug-likeness (QED) is 0.498. The lowest BCUT2D eigenvalue weighted by Gasteiger charge is -2.04. The van der Waals surface area contributed by atoms with Crippen LogP contribution in [0, 0.1) is 6.61 Å². The van der Waals surface area contributed by atoms with Crippen LogP contribution in [0.15, 0.2) is 0 Å². The first-order valence-corrected chi connectivity index (χ1v) is 4.50. The van der Waals surface area contributed by atoms with Gasteiger partial charge in [0.25, 0.3) is 0 Å². The molecule has 0 heterocycles. The van der Waals surface area contributed by atoms with Crippen molar-refractivity contribution in [3.63, 3.8) is 0 Å². The molecule has 0 aliphatic carbocycles. The van der Waals surface area contributed by atoms with Crippen molar-refractivity contribution in [3.05, 3.63) is 6.61 Å². The molecule has 0 saturated heterocycles. The van der Waals surface area contributed by atoms with Crippen LogP contribution in [-0.4, -0.2) is 33.0 Å². The van der Waals surface area contributed by atoms with E-state index in [2.05, 4.69) is 0 Å². The molecule has 73 valence electrons. The maximum absolute atomic E-state index is 5.21. The van der Waals surface area contributed by atoms with Gasteiger partial charge in [0, 0.05) is 6.61 Å². The van der Waals surface area contributed by atoms with Gasteiger partial charge in [0.1, 0.15) is 0 Å². The molecule has 0 saturated carbocycles. The number of ether oxygens (including phenoxy) is 3. The van der Waals surface area contributed by atoms with Crippen LogP contribution in [0.25, 0.3) is 0 Å². The van der Waals surface area contributed by atoms with Crippen molar-refractivity contribution < 1.29 is 14.2 Å². The van der Waals surface area contributed by atoms with Crippen LogP contribution in [0.2, 0.25) is 0 Å². The van der Waals surface area contributed by atoms with Crippen molar-refractivity contribution in [2.45, 2.75) is 20.3 Å². The van der Waals surface area contributed by atoms with Crippen LogP contribution in [0.5, 0.6) is 0 Å². The topological polar surface area (TPSA) is 27.7 Å². The molecule has 0 bridgehead atoms. The Bertz CT molecular complexity index is 66.2. The first-order chi connectivity index (χ1) is 5.91. The largest absolute Gasteiger partial charge is 0.379 e. The fraction of sp³-hybridized carbons (Fsp3) is 0.889. The molecule has 0 atom stereocenters. The summed E-state index contributed by atoms with van der Waals surface area (Å²) < 4.78 is 15.4. The monoisotopic (exact) mass is 175 g/mol. The van der Waals surface area contributed by atoms with Gasteiger partial charge in [-0.2, -0.15) is 0 Å². The molecule has 3 heteroatoms. The van der Waals surface area contributed by atoms with Crippen molar-refractivity contribution in [2.75, 3.05) is 33.0 Å². The predicted molar refractivity (Wildman–Crippen MR) is 47.9 cm³/mol. The molecule has 0 aliphatic rings. The van der Waals surface area contributed by atoms with Gasteiger partial charge in [-0.15, -0.1) is 0 Å². The van der Waals surface area contributed by atoms with E-state index in [1.807, 2.05) is 13.8 Å². The molecular weight excluding hydrogens is 156 g/mol. The lowest BCUT2D eigenvalue weighted by atomic mass is 10.5. The van der Waals surface area contributed by atoms with Crippen LogP contribution in [0.1, 0.15) is 20.3 Å². The Labute approximate surface area is 75.0 Å². The summed E-state index contributed by atoms with van der Waals surface area (Å²) in [7, 11) is 0. The molecule has 0 aliphatic heterocycles. The third-order valence-corrected chi connectivity index (χ3v) is 1.21. The normalized spacial score (nSPS) is 10.5. The minimum Gasteiger partial charge on any atom is -0.379 e. The van der Waals surface area contributed by atoms with Gasteiger partial charge >= 0.3 is 0 Å².